The van der Waals surface area contributed by atoms with Crippen LogP contribution in [0.15, 0.2) is 23.3 Å². The highest BCUT2D eigenvalue weighted by Gasteiger charge is 2.41. The number of halogens is 2. The molecule has 20 heteroatoms. The Kier molecular flexibility index (Phi) is 16.2. The second kappa shape index (κ2) is 19.6. The van der Waals surface area contributed by atoms with E-state index >= 15 is 0 Å². The topological polar surface area (TPSA) is 237 Å². The van der Waals surface area contributed by atoms with Crippen molar-refractivity contribution in [3.63, 3.8) is 0 Å². The Balaban J connectivity index is 1.85. The molecule has 0 aliphatic carbocycles. The number of aliphatic hydroxyl groups excluding tert-OH is 2. The largest absolute Gasteiger partial charge is 0.463 e. The Bertz CT molecular complexity index is 1570. The maximum atomic E-state index is 13.5. The maximum Gasteiger partial charge on any atom is 0.336 e. The molecule has 3 rings (SSSR count). The molecule has 0 saturated carbocycles. The van der Waals surface area contributed by atoms with Crippen LogP contribution in [-0.4, -0.2) is 111 Å². The first kappa shape index (κ1) is 42.2. The smallest absolute Gasteiger partial charge is 0.336 e. The van der Waals surface area contributed by atoms with Crippen molar-refractivity contribution in [2.45, 2.75) is 97.1 Å². The molecular weight excluding hydrogens is 814 g/mol. The van der Waals surface area contributed by atoms with Gasteiger partial charge in [-0.2, -0.15) is 0 Å². The molecule has 0 amide bonds. The molecule has 51 heavy (non-hydrogen) atoms. The predicted octanol–water partition coefficient (Wildman–Crippen LogP) is -0.284. The van der Waals surface area contributed by atoms with Gasteiger partial charge in [0.05, 0.1) is 81.9 Å². The molecule has 2 fully saturated rings. The number of carbonyl (C=O) groups excluding carboxylic acids is 4. The molecule has 6 atom stereocenters. The Labute approximate surface area is 308 Å². The summed E-state index contributed by atoms with van der Waals surface area (Å²) in [5, 5.41) is 20.5. The minimum atomic E-state index is -1.70. The average molecular weight is 857 g/mol. The number of ether oxygens (including phenoxy) is 6. The lowest BCUT2D eigenvalue weighted by Crippen LogP contribution is -2.56. The summed E-state index contributed by atoms with van der Waals surface area (Å²) in [6, 6.07) is 0. The zero-order chi connectivity index (χ0) is 38.0. The van der Waals surface area contributed by atoms with Crippen LogP contribution in [0.4, 0.5) is 0 Å². The summed E-state index contributed by atoms with van der Waals surface area (Å²) in [5.41, 5.74) is -2.89. The van der Waals surface area contributed by atoms with Gasteiger partial charge in [-0.25, -0.2) is 28.1 Å². The zero-order valence-corrected chi connectivity index (χ0v) is 31.8. The van der Waals surface area contributed by atoms with E-state index in [-0.39, 0.29) is 19.7 Å². The van der Waals surface area contributed by atoms with Crippen LogP contribution in [0.5, 0.6) is 0 Å². The number of hydrogen-bond donors (Lipinski definition) is 2. The number of carbonyl (C=O) groups is 4. The highest BCUT2D eigenvalue weighted by atomic mass is 79.9. The quantitative estimate of drug-likeness (QED) is 0.0919. The van der Waals surface area contributed by atoms with Crippen molar-refractivity contribution in [3.8, 4) is 0 Å². The number of allylic oxidation sites excluding steroid dienone is 1. The first-order chi connectivity index (χ1) is 24.0. The minimum Gasteiger partial charge on any atom is -0.463 e. The lowest BCUT2D eigenvalue weighted by atomic mass is 9.86. The number of hydrogen-bond acceptors (Lipinski definition) is 15. The van der Waals surface area contributed by atoms with Crippen molar-refractivity contribution in [1.82, 2.24) is 13.7 Å². The highest BCUT2D eigenvalue weighted by molar-refractivity contribution is 9.14. The van der Waals surface area contributed by atoms with Crippen LogP contribution in [0.25, 0.3) is 0 Å². The lowest BCUT2D eigenvalue weighted by Gasteiger charge is -2.24. The molecule has 2 aliphatic rings. The zero-order valence-electron chi connectivity index (χ0n) is 28.6. The van der Waals surface area contributed by atoms with Gasteiger partial charge < -0.3 is 38.6 Å². The summed E-state index contributed by atoms with van der Waals surface area (Å²) < 4.78 is 34.6. The van der Waals surface area contributed by atoms with Gasteiger partial charge in [0, 0.05) is 8.96 Å². The van der Waals surface area contributed by atoms with Crippen LogP contribution in [0.1, 0.15) is 47.0 Å². The molecule has 0 spiro atoms. The molecule has 2 saturated heterocycles. The van der Waals surface area contributed by atoms with Crippen LogP contribution in [0, 0.1) is 11.8 Å². The van der Waals surface area contributed by atoms with Crippen molar-refractivity contribution in [1.29, 1.82) is 0 Å². The summed E-state index contributed by atoms with van der Waals surface area (Å²) in [5.74, 6) is -7.55. The standard InChI is InChI=1S/C31H43Br2N3O15/c1-5-23(32)24(33)15-48-25(39)6-21(27(41)49-11-17(4)37)22(7-26(40)51-16(2)3)28(42)50-12-18(38)8-34-29(43)35(9-19-13-46-19)31(45)36(30(34)44)10-20-14-47-20/h16-22,37-38H,5-15H2,1-4H3. The van der Waals surface area contributed by atoms with Crippen LogP contribution in [-0.2, 0) is 67.2 Å². The third-order valence-corrected chi connectivity index (χ3v) is 9.72. The number of esters is 4. The molecule has 6 unspecified atom stereocenters. The van der Waals surface area contributed by atoms with Gasteiger partial charge in [0.25, 0.3) is 0 Å². The molecule has 0 aromatic carbocycles. The minimum absolute atomic E-state index is 0.124. The number of rotatable bonds is 21. The van der Waals surface area contributed by atoms with Gasteiger partial charge in [-0.1, -0.05) is 38.8 Å². The Morgan fingerprint density at radius 2 is 1.24 bits per heavy atom. The van der Waals surface area contributed by atoms with E-state index in [0.29, 0.717) is 33.2 Å². The molecule has 0 radical (unpaired) electrons. The second-order valence-electron chi connectivity index (χ2n) is 12.3. The number of nitrogens with zero attached hydrogens (tertiary/aromatic N) is 3. The molecule has 2 N–H and O–H groups in total. The van der Waals surface area contributed by atoms with Crippen LogP contribution in [0.2, 0.25) is 0 Å². The Hall–Kier alpha value is -3.17. The fourth-order valence-corrected chi connectivity index (χ4v) is 5.20. The van der Waals surface area contributed by atoms with E-state index in [0.717, 1.165) is 9.13 Å². The number of aromatic nitrogens is 3. The van der Waals surface area contributed by atoms with E-state index in [2.05, 4.69) is 31.9 Å². The van der Waals surface area contributed by atoms with Gasteiger partial charge in [0.2, 0.25) is 0 Å². The van der Waals surface area contributed by atoms with Crippen LogP contribution in [0.3, 0.4) is 0 Å². The fraction of sp³-hybridized carbons (Fsp3) is 0.710. The molecule has 1 aromatic heterocycles. The lowest BCUT2D eigenvalue weighted by molar-refractivity contribution is -0.170. The van der Waals surface area contributed by atoms with E-state index in [1.54, 1.807) is 13.8 Å². The monoisotopic (exact) mass is 855 g/mol. The summed E-state index contributed by atoms with van der Waals surface area (Å²) >= 11 is 6.62. The summed E-state index contributed by atoms with van der Waals surface area (Å²) in [7, 11) is 0. The maximum absolute atomic E-state index is 13.5. The molecule has 18 nitrogen and oxygen atoms in total. The summed E-state index contributed by atoms with van der Waals surface area (Å²) in [6.07, 6.45) is -5.10. The Morgan fingerprint density at radius 3 is 1.69 bits per heavy atom. The SMILES string of the molecule is CCC(Br)=C(Br)COC(=O)CC(C(=O)OCC(C)O)C(CC(=O)OC(C)C)C(=O)OCC(O)Cn1c(=O)n(CC2CO2)c(=O)n(CC2CO2)c1=O. The average Bonchev–Trinajstić information content (AvgIpc) is 4.01. The van der Waals surface area contributed by atoms with Gasteiger partial charge >= 0.3 is 40.9 Å². The predicted molar refractivity (Wildman–Crippen MR) is 182 cm³/mol. The van der Waals surface area contributed by atoms with Crippen molar-refractivity contribution in [2.75, 3.05) is 33.0 Å². The fourth-order valence-electron chi connectivity index (χ4n) is 4.69. The van der Waals surface area contributed by atoms with Crippen molar-refractivity contribution in [3.05, 3.63) is 40.4 Å². The normalized spacial score (nSPS) is 19.3. The van der Waals surface area contributed by atoms with E-state index < -0.39 is 116 Å². The van der Waals surface area contributed by atoms with Gasteiger partial charge in [-0.05, 0) is 27.2 Å². The van der Waals surface area contributed by atoms with Gasteiger partial charge in [0.1, 0.15) is 25.9 Å². The van der Waals surface area contributed by atoms with E-state index in [4.69, 9.17) is 28.4 Å². The molecule has 3 heterocycles. The van der Waals surface area contributed by atoms with Gasteiger partial charge in [0.15, 0.2) is 0 Å². The number of aliphatic hydroxyl groups is 2. The van der Waals surface area contributed by atoms with Gasteiger partial charge in [-0.15, -0.1) is 0 Å². The van der Waals surface area contributed by atoms with E-state index in [1.807, 2.05) is 6.92 Å². The Morgan fingerprint density at radius 1 is 0.765 bits per heavy atom. The molecule has 286 valence electrons. The van der Waals surface area contributed by atoms with Crippen molar-refractivity contribution < 1.29 is 57.8 Å². The number of epoxide rings is 2. The first-order valence-corrected chi connectivity index (χ1v) is 17.9. The summed E-state index contributed by atoms with van der Waals surface area (Å²) in [4.78, 5) is 91.8. The van der Waals surface area contributed by atoms with Crippen LogP contribution >= 0.6 is 31.9 Å². The van der Waals surface area contributed by atoms with Crippen molar-refractivity contribution in [2.24, 2.45) is 11.8 Å². The summed E-state index contributed by atoms with van der Waals surface area (Å²) in [6.45, 7) is 4.45. The molecular formula is C31H43Br2N3O15. The third kappa shape index (κ3) is 13.4. The molecule has 1 aromatic rings. The van der Waals surface area contributed by atoms with Crippen molar-refractivity contribution >= 4 is 55.7 Å². The van der Waals surface area contributed by atoms with Crippen LogP contribution < -0.4 is 17.1 Å². The third-order valence-electron chi connectivity index (χ3n) is 7.44. The van der Waals surface area contributed by atoms with Gasteiger partial charge in [-0.3, -0.25) is 19.2 Å². The molecule has 2 aliphatic heterocycles. The van der Waals surface area contributed by atoms with E-state index in [1.165, 1.54) is 6.92 Å². The molecule has 0 bridgehead atoms. The van der Waals surface area contributed by atoms with E-state index in [9.17, 15) is 43.8 Å². The second-order valence-corrected chi connectivity index (χ2v) is 14.3. The highest BCUT2D eigenvalue weighted by Crippen LogP contribution is 2.26. The first-order valence-electron chi connectivity index (χ1n) is 16.3.